The van der Waals surface area contributed by atoms with E-state index in [2.05, 4.69) is 26.0 Å². The molecule has 5 atom stereocenters. The summed E-state index contributed by atoms with van der Waals surface area (Å²) in [6.07, 6.45) is 0.951. The van der Waals surface area contributed by atoms with Crippen molar-refractivity contribution in [2.45, 2.75) is 129 Å². The summed E-state index contributed by atoms with van der Waals surface area (Å²) >= 11 is 0. The van der Waals surface area contributed by atoms with Crippen molar-refractivity contribution in [1.29, 1.82) is 5.26 Å². The number of hydrogen-bond acceptors (Lipinski definition) is 12. The summed E-state index contributed by atoms with van der Waals surface area (Å²) < 4.78 is 24.2. The van der Waals surface area contributed by atoms with Crippen LogP contribution in [0.15, 0.2) is 18.5 Å². The van der Waals surface area contributed by atoms with Crippen molar-refractivity contribution in [1.82, 2.24) is 25.2 Å². The molecule has 4 N–H and O–H groups in total. The van der Waals surface area contributed by atoms with E-state index >= 15 is 0 Å². The van der Waals surface area contributed by atoms with Crippen LogP contribution >= 0.6 is 0 Å². The van der Waals surface area contributed by atoms with Gasteiger partial charge in [-0.1, -0.05) is 33.1 Å². The average molecular weight is 700 g/mol. The number of carbonyl (C=O) groups is 4. The van der Waals surface area contributed by atoms with Crippen LogP contribution in [-0.2, 0) is 34.1 Å². The van der Waals surface area contributed by atoms with Gasteiger partial charge in [0.2, 0.25) is 5.60 Å². The van der Waals surface area contributed by atoms with Gasteiger partial charge in [-0.25, -0.2) is 23.9 Å². The molecule has 2 fully saturated rings. The highest BCUT2D eigenvalue weighted by Gasteiger charge is 2.60. The van der Waals surface area contributed by atoms with E-state index < -0.39 is 72.1 Å². The van der Waals surface area contributed by atoms with Crippen LogP contribution in [0.25, 0.3) is 5.52 Å². The number of nitrogens with one attached hydrogen (secondary N) is 3. The van der Waals surface area contributed by atoms with Crippen molar-refractivity contribution >= 4 is 35.4 Å². The maximum Gasteiger partial charge on any atom is 0.408 e. The molecular weight excluding hydrogens is 650 g/mol. The Bertz CT molecular complexity index is 1570. The molecule has 0 radical (unpaired) electrons. The van der Waals surface area contributed by atoms with Gasteiger partial charge in [0.05, 0.1) is 5.69 Å². The van der Waals surface area contributed by atoms with Gasteiger partial charge in [0.25, 0.3) is 0 Å². The molecule has 2 aromatic rings. The molecule has 4 rings (SSSR count). The zero-order valence-electron chi connectivity index (χ0n) is 29.7. The van der Waals surface area contributed by atoms with Gasteiger partial charge in [0.15, 0.2) is 11.9 Å². The van der Waals surface area contributed by atoms with Crippen LogP contribution < -0.4 is 16.0 Å². The number of carbonyl (C=O) groups excluding carboxylic acids is 4. The summed E-state index contributed by atoms with van der Waals surface area (Å²) in [7, 11) is 0. The summed E-state index contributed by atoms with van der Waals surface area (Å²) in [5.74, 6) is -1.55. The highest BCUT2D eigenvalue weighted by atomic mass is 16.6. The van der Waals surface area contributed by atoms with Crippen molar-refractivity contribution in [3.8, 4) is 6.07 Å². The Hall–Kier alpha value is -4.49. The standard InChI is InChI=1S/C34H49N7O9/c1-19(2)26(39-32(46)50-33(5,6)7)30(44)48-27-23(16-47-25(42)15-21-11-9-8-10-12-21)49-34(17-35,28(27)43)24-14-13-22-29(36-18-37-41(22)24)40-31(45)38-20(3)4/h13-14,18-21,23,26-28,43H,8-12,15-16H2,1-7H3,(H,39,46)(H2,36,37,38,40,45)/t23-,26+,27-,28-,34+/m1/s1. The smallest absolute Gasteiger partial charge is 0.408 e. The maximum absolute atomic E-state index is 13.6. The number of nitriles is 1. The molecule has 0 spiro atoms. The number of amides is 3. The molecule has 274 valence electrons. The predicted octanol–water partition coefficient (Wildman–Crippen LogP) is 3.71. The monoisotopic (exact) mass is 699 g/mol. The van der Waals surface area contributed by atoms with E-state index in [1.54, 1.807) is 48.5 Å². The molecule has 3 heterocycles. The van der Waals surface area contributed by atoms with Gasteiger partial charge in [-0.15, -0.1) is 0 Å². The molecule has 50 heavy (non-hydrogen) atoms. The predicted molar refractivity (Wildman–Crippen MR) is 178 cm³/mol. The van der Waals surface area contributed by atoms with Crippen molar-refractivity contribution in [2.75, 3.05) is 11.9 Å². The molecule has 2 aliphatic rings. The quantitative estimate of drug-likeness (QED) is 0.195. The second kappa shape index (κ2) is 16.0. The van der Waals surface area contributed by atoms with Crippen LogP contribution in [-0.4, -0.2) is 86.4 Å². The van der Waals surface area contributed by atoms with E-state index in [1.165, 1.54) is 16.6 Å². The second-order valence-corrected chi connectivity index (χ2v) is 14.5. The number of nitrogens with zero attached hydrogens (tertiary/aromatic N) is 4. The van der Waals surface area contributed by atoms with Crippen LogP contribution in [0.1, 0.15) is 92.7 Å². The largest absolute Gasteiger partial charge is 0.463 e. The molecule has 1 aliphatic carbocycles. The number of aliphatic hydroxyl groups excluding tert-OH is 1. The average Bonchev–Trinajstić information content (AvgIpc) is 3.58. The Morgan fingerprint density at radius 1 is 1.12 bits per heavy atom. The number of alkyl carbamates (subject to hydrolysis) is 1. The normalized spacial score (nSPS) is 23.3. The Kier molecular flexibility index (Phi) is 12.3. The lowest BCUT2D eigenvalue weighted by Gasteiger charge is -2.28. The van der Waals surface area contributed by atoms with Crippen LogP contribution in [0.3, 0.4) is 0 Å². The third kappa shape index (κ3) is 9.19. The highest BCUT2D eigenvalue weighted by molar-refractivity contribution is 5.92. The minimum absolute atomic E-state index is 0.0431. The first-order chi connectivity index (χ1) is 23.5. The molecule has 0 aromatic carbocycles. The fourth-order valence-corrected chi connectivity index (χ4v) is 6.16. The van der Waals surface area contributed by atoms with Crippen LogP contribution in [0, 0.1) is 23.2 Å². The SMILES string of the molecule is CC(C)NC(=O)Nc1ncnn2c([C@]3(C#N)O[C@H](COC(=O)CC4CCCCC4)[C@@H](OC(=O)[C@@H](NC(=O)OC(C)(C)C)C(C)C)[C@H]3O)ccc12. The number of fused-ring (bicyclic) bond motifs is 1. The van der Waals surface area contributed by atoms with E-state index in [9.17, 15) is 29.5 Å². The van der Waals surface area contributed by atoms with Crippen LogP contribution in [0.5, 0.6) is 0 Å². The van der Waals surface area contributed by atoms with Crippen molar-refractivity contribution in [3.63, 3.8) is 0 Å². The number of ether oxygens (including phenoxy) is 4. The molecular formula is C34H49N7O9. The molecule has 1 saturated heterocycles. The Balaban J connectivity index is 1.64. The molecule has 1 saturated carbocycles. The van der Waals surface area contributed by atoms with Gasteiger partial charge in [-0.3, -0.25) is 10.1 Å². The first-order valence-electron chi connectivity index (χ1n) is 17.1. The summed E-state index contributed by atoms with van der Waals surface area (Å²) in [6, 6.07) is 3.17. The van der Waals surface area contributed by atoms with E-state index in [0.717, 1.165) is 38.4 Å². The third-order valence-electron chi connectivity index (χ3n) is 8.52. The summed E-state index contributed by atoms with van der Waals surface area (Å²) in [4.78, 5) is 55.7. The van der Waals surface area contributed by atoms with Gasteiger partial charge in [-0.05, 0) is 71.4 Å². The van der Waals surface area contributed by atoms with Crippen molar-refractivity contribution in [3.05, 3.63) is 24.2 Å². The number of hydrogen-bond donors (Lipinski definition) is 4. The van der Waals surface area contributed by atoms with Gasteiger partial charge in [0.1, 0.15) is 48.4 Å². The summed E-state index contributed by atoms with van der Waals surface area (Å²) in [5.41, 5.74) is -2.69. The fourth-order valence-electron chi connectivity index (χ4n) is 6.16. The van der Waals surface area contributed by atoms with E-state index in [1.807, 2.05) is 6.07 Å². The van der Waals surface area contributed by atoms with Crippen LogP contribution in [0.4, 0.5) is 15.4 Å². The Morgan fingerprint density at radius 3 is 2.44 bits per heavy atom. The molecule has 0 bridgehead atoms. The number of aromatic nitrogens is 3. The zero-order chi connectivity index (χ0) is 36.8. The molecule has 16 nitrogen and oxygen atoms in total. The van der Waals surface area contributed by atoms with Gasteiger partial charge in [0, 0.05) is 12.5 Å². The number of urea groups is 1. The molecule has 16 heteroatoms. The second-order valence-electron chi connectivity index (χ2n) is 14.5. The first kappa shape index (κ1) is 38.3. The molecule has 3 amide bonds. The van der Waals surface area contributed by atoms with Gasteiger partial charge in [-0.2, -0.15) is 10.4 Å². The Labute approximate surface area is 291 Å². The first-order valence-corrected chi connectivity index (χ1v) is 17.1. The number of rotatable bonds is 11. The minimum Gasteiger partial charge on any atom is -0.463 e. The fraction of sp³-hybridized carbons (Fsp3) is 0.676. The lowest BCUT2D eigenvalue weighted by molar-refractivity contribution is -0.163. The Morgan fingerprint density at radius 2 is 1.82 bits per heavy atom. The third-order valence-corrected chi connectivity index (χ3v) is 8.52. The number of aliphatic hydroxyl groups is 1. The van der Waals surface area contributed by atoms with E-state index in [4.69, 9.17) is 18.9 Å². The lowest BCUT2D eigenvalue weighted by Crippen LogP contribution is -2.50. The number of anilines is 1. The maximum atomic E-state index is 13.6. The van der Waals surface area contributed by atoms with Crippen LogP contribution in [0.2, 0.25) is 0 Å². The molecule has 2 aromatic heterocycles. The minimum atomic E-state index is -2.18. The number of esters is 2. The topological polar surface area (TPSA) is 215 Å². The van der Waals surface area contributed by atoms with Gasteiger partial charge >= 0.3 is 24.1 Å². The summed E-state index contributed by atoms with van der Waals surface area (Å²) in [6.45, 7) is 11.6. The van der Waals surface area contributed by atoms with E-state index in [-0.39, 0.29) is 35.4 Å². The van der Waals surface area contributed by atoms with E-state index in [0.29, 0.717) is 0 Å². The van der Waals surface area contributed by atoms with Crippen molar-refractivity contribution < 1.29 is 43.2 Å². The zero-order valence-corrected chi connectivity index (χ0v) is 29.7. The lowest BCUT2D eigenvalue weighted by atomic mass is 9.87. The highest BCUT2D eigenvalue weighted by Crippen LogP contribution is 2.42. The summed E-state index contributed by atoms with van der Waals surface area (Å²) in [5, 5.41) is 34.6. The molecule has 1 aliphatic heterocycles. The molecule has 0 unspecified atom stereocenters. The van der Waals surface area contributed by atoms with Gasteiger partial charge < -0.3 is 34.7 Å². The van der Waals surface area contributed by atoms with Crippen molar-refractivity contribution in [2.24, 2.45) is 11.8 Å².